The maximum atomic E-state index is 12.1. The quantitative estimate of drug-likeness (QED) is 0.523. The van der Waals surface area contributed by atoms with E-state index in [0.717, 1.165) is 21.2 Å². The van der Waals surface area contributed by atoms with Crippen molar-refractivity contribution < 1.29 is 13.9 Å². The third-order valence-corrected chi connectivity index (χ3v) is 3.80. The number of ether oxygens (including phenoxy) is 1. The second kappa shape index (κ2) is 7.31. The molecule has 2 aromatic carbocycles. The number of nitrogens with zero attached hydrogens (tertiary/aromatic N) is 1. The maximum absolute atomic E-state index is 12.1. The van der Waals surface area contributed by atoms with Crippen molar-refractivity contribution in [2.75, 3.05) is 6.61 Å². The molecule has 6 heteroatoms. The highest BCUT2D eigenvalue weighted by Crippen LogP contribution is 2.24. The van der Waals surface area contributed by atoms with Crippen LogP contribution in [-0.4, -0.2) is 18.7 Å². The van der Waals surface area contributed by atoms with E-state index in [9.17, 15) is 4.79 Å². The van der Waals surface area contributed by atoms with Gasteiger partial charge in [0, 0.05) is 9.86 Å². The molecule has 1 amide bonds. The summed E-state index contributed by atoms with van der Waals surface area (Å²) in [6.45, 7) is 2.50. The minimum atomic E-state index is -0.405. The molecule has 0 atom stereocenters. The van der Waals surface area contributed by atoms with Gasteiger partial charge >= 0.3 is 5.91 Å². The Kier molecular flexibility index (Phi) is 4.96. The van der Waals surface area contributed by atoms with E-state index in [1.807, 2.05) is 43.3 Å². The number of hydrogen-bond donors (Lipinski definition) is 1. The SMILES string of the molecule is CCOc1ccc2oc(C(=O)N/N=C/c3ccc(Br)cc3)cc2c1. The van der Waals surface area contributed by atoms with Crippen molar-refractivity contribution in [2.24, 2.45) is 5.10 Å². The van der Waals surface area contributed by atoms with Crippen molar-refractivity contribution in [1.82, 2.24) is 5.43 Å². The van der Waals surface area contributed by atoms with Gasteiger partial charge in [-0.05, 0) is 48.9 Å². The molecule has 0 bridgehead atoms. The van der Waals surface area contributed by atoms with Crippen LogP contribution in [0.25, 0.3) is 11.0 Å². The molecular weight excluding hydrogens is 372 g/mol. The number of halogens is 1. The number of carbonyl (C=O) groups is 1. The van der Waals surface area contributed by atoms with E-state index < -0.39 is 5.91 Å². The van der Waals surface area contributed by atoms with Crippen LogP contribution >= 0.6 is 15.9 Å². The molecule has 0 aliphatic carbocycles. The molecule has 122 valence electrons. The van der Waals surface area contributed by atoms with E-state index >= 15 is 0 Å². The molecule has 0 saturated carbocycles. The average molecular weight is 387 g/mol. The fourth-order valence-corrected chi connectivity index (χ4v) is 2.42. The molecule has 0 aliphatic heterocycles. The molecule has 1 aromatic heterocycles. The highest BCUT2D eigenvalue weighted by atomic mass is 79.9. The molecule has 3 rings (SSSR count). The number of hydrogen-bond acceptors (Lipinski definition) is 4. The van der Waals surface area contributed by atoms with Gasteiger partial charge in [0.1, 0.15) is 11.3 Å². The number of furan rings is 1. The summed E-state index contributed by atoms with van der Waals surface area (Å²) in [5, 5.41) is 4.75. The number of amides is 1. The van der Waals surface area contributed by atoms with Crippen molar-refractivity contribution >= 4 is 39.0 Å². The van der Waals surface area contributed by atoms with Crippen LogP contribution in [0.5, 0.6) is 5.75 Å². The van der Waals surface area contributed by atoms with Gasteiger partial charge in [0.05, 0.1) is 12.8 Å². The molecule has 0 unspecified atom stereocenters. The second-order valence-corrected chi connectivity index (χ2v) is 5.91. The smallest absolute Gasteiger partial charge is 0.307 e. The molecule has 5 nitrogen and oxygen atoms in total. The van der Waals surface area contributed by atoms with Crippen molar-refractivity contribution in [1.29, 1.82) is 0 Å². The Labute approximate surface area is 147 Å². The predicted octanol–water partition coefficient (Wildman–Crippen LogP) is 4.36. The first-order chi connectivity index (χ1) is 11.7. The summed E-state index contributed by atoms with van der Waals surface area (Å²) in [7, 11) is 0. The Morgan fingerprint density at radius 2 is 2.04 bits per heavy atom. The summed E-state index contributed by atoms with van der Waals surface area (Å²) < 4.78 is 12.0. The van der Waals surface area contributed by atoms with Crippen molar-refractivity contribution in [3.63, 3.8) is 0 Å². The van der Waals surface area contributed by atoms with Crippen molar-refractivity contribution in [3.05, 3.63) is 64.3 Å². The second-order valence-electron chi connectivity index (χ2n) is 4.99. The third kappa shape index (κ3) is 3.83. The monoisotopic (exact) mass is 386 g/mol. The fourth-order valence-electron chi connectivity index (χ4n) is 2.16. The third-order valence-electron chi connectivity index (χ3n) is 3.27. The summed E-state index contributed by atoms with van der Waals surface area (Å²) in [5.41, 5.74) is 3.96. The summed E-state index contributed by atoms with van der Waals surface area (Å²) in [5.74, 6) is 0.537. The lowest BCUT2D eigenvalue weighted by Crippen LogP contribution is -2.16. The Balaban J connectivity index is 1.70. The first-order valence-electron chi connectivity index (χ1n) is 7.41. The number of carbonyl (C=O) groups excluding carboxylic acids is 1. The van der Waals surface area contributed by atoms with E-state index in [0.29, 0.717) is 12.2 Å². The van der Waals surface area contributed by atoms with Gasteiger partial charge in [0.15, 0.2) is 5.76 Å². The topological polar surface area (TPSA) is 63.8 Å². The van der Waals surface area contributed by atoms with Crippen LogP contribution in [0.2, 0.25) is 0 Å². The zero-order valence-electron chi connectivity index (χ0n) is 13.0. The van der Waals surface area contributed by atoms with Gasteiger partial charge in [-0.3, -0.25) is 4.79 Å². The van der Waals surface area contributed by atoms with Gasteiger partial charge in [0.25, 0.3) is 0 Å². The van der Waals surface area contributed by atoms with Crippen LogP contribution in [0.15, 0.2) is 62.5 Å². The number of rotatable bonds is 5. The molecule has 0 aliphatic rings. The Bertz CT molecular complexity index is 885. The van der Waals surface area contributed by atoms with Crippen LogP contribution in [0.4, 0.5) is 0 Å². The van der Waals surface area contributed by atoms with E-state index in [4.69, 9.17) is 9.15 Å². The molecule has 0 fully saturated rings. The Morgan fingerprint density at radius 1 is 1.25 bits per heavy atom. The number of hydrazone groups is 1. The summed E-state index contributed by atoms with van der Waals surface area (Å²) in [6.07, 6.45) is 1.57. The maximum Gasteiger partial charge on any atom is 0.307 e. The first kappa shape index (κ1) is 16.3. The fraction of sp³-hybridized carbons (Fsp3) is 0.111. The van der Waals surface area contributed by atoms with Gasteiger partial charge < -0.3 is 9.15 Å². The highest BCUT2D eigenvalue weighted by Gasteiger charge is 2.12. The molecule has 0 saturated heterocycles. The van der Waals surface area contributed by atoms with Crippen molar-refractivity contribution in [2.45, 2.75) is 6.92 Å². The Morgan fingerprint density at radius 3 is 2.79 bits per heavy atom. The van der Waals surface area contributed by atoms with Gasteiger partial charge in [-0.25, -0.2) is 5.43 Å². The average Bonchev–Trinajstić information content (AvgIpc) is 3.00. The van der Waals surface area contributed by atoms with Crippen LogP contribution in [0.3, 0.4) is 0 Å². The zero-order valence-corrected chi connectivity index (χ0v) is 14.5. The van der Waals surface area contributed by atoms with E-state index in [2.05, 4.69) is 26.5 Å². The van der Waals surface area contributed by atoms with E-state index in [1.54, 1.807) is 18.3 Å². The highest BCUT2D eigenvalue weighted by molar-refractivity contribution is 9.10. The van der Waals surface area contributed by atoms with Crippen LogP contribution in [-0.2, 0) is 0 Å². The molecule has 0 radical (unpaired) electrons. The van der Waals surface area contributed by atoms with Gasteiger partial charge in [-0.1, -0.05) is 28.1 Å². The van der Waals surface area contributed by atoms with E-state index in [1.165, 1.54) is 0 Å². The zero-order chi connectivity index (χ0) is 16.9. The minimum Gasteiger partial charge on any atom is -0.494 e. The standard InChI is InChI=1S/C18H15BrN2O3/c1-2-23-15-7-8-16-13(9-15)10-17(24-16)18(22)21-20-11-12-3-5-14(19)6-4-12/h3-11H,2H2,1H3,(H,21,22)/b20-11+. The molecule has 3 aromatic rings. The molecule has 1 N–H and O–H groups in total. The first-order valence-corrected chi connectivity index (χ1v) is 8.20. The molecular formula is C18H15BrN2O3. The number of fused-ring (bicyclic) bond motifs is 1. The van der Waals surface area contributed by atoms with Gasteiger partial charge in [-0.15, -0.1) is 0 Å². The van der Waals surface area contributed by atoms with Crippen LogP contribution < -0.4 is 10.2 Å². The largest absolute Gasteiger partial charge is 0.494 e. The van der Waals surface area contributed by atoms with Crippen molar-refractivity contribution in [3.8, 4) is 5.75 Å². The molecule has 0 spiro atoms. The van der Waals surface area contributed by atoms with Crippen LogP contribution in [0, 0.1) is 0 Å². The minimum absolute atomic E-state index is 0.201. The van der Waals surface area contributed by atoms with Gasteiger partial charge in [0.2, 0.25) is 0 Å². The normalized spacial score (nSPS) is 11.1. The lowest BCUT2D eigenvalue weighted by atomic mass is 10.2. The predicted molar refractivity (Wildman–Crippen MR) is 96.6 cm³/mol. The Hall–Kier alpha value is -2.60. The number of benzene rings is 2. The summed E-state index contributed by atoms with van der Waals surface area (Å²) >= 11 is 3.36. The lowest BCUT2D eigenvalue weighted by molar-refractivity contribution is 0.0929. The van der Waals surface area contributed by atoms with E-state index in [-0.39, 0.29) is 5.76 Å². The lowest BCUT2D eigenvalue weighted by Gasteiger charge is -2.00. The summed E-state index contributed by atoms with van der Waals surface area (Å²) in [4.78, 5) is 12.1. The van der Waals surface area contributed by atoms with Gasteiger partial charge in [-0.2, -0.15) is 5.10 Å². The molecule has 24 heavy (non-hydrogen) atoms. The summed E-state index contributed by atoms with van der Waals surface area (Å²) in [6, 6.07) is 14.7. The van der Waals surface area contributed by atoms with Crippen LogP contribution in [0.1, 0.15) is 23.0 Å². The number of nitrogens with one attached hydrogen (secondary N) is 1. The molecule has 1 heterocycles.